The zero-order valence-corrected chi connectivity index (χ0v) is 16.2. The molecule has 2 amide bonds. The number of rotatable bonds is 4. The third-order valence-corrected chi connectivity index (χ3v) is 5.91. The second-order valence-corrected chi connectivity index (χ2v) is 7.74. The second-order valence-electron chi connectivity index (χ2n) is 7.31. The van der Waals surface area contributed by atoms with Crippen LogP contribution in [-0.2, 0) is 9.59 Å². The number of hydrogen-bond acceptors (Lipinski definition) is 3. The molecule has 0 radical (unpaired) electrons. The Morgan fingerprint density at radius 3 is 2.35 bits per heavy atom. The topological polar surface area (TPSA) is 52.7 Å². The third kappa shape index (κ3) is 4.77. The van der Waals surface area contributed by atoms with Crippen LogP contribution in [0.4, 0.5) is 5.69 Å². The van der Waals surface area contributed by atoms with Crippen molar-refractivity contribution in [1.82, 2.24) is 9.80 Å². The molecule has 26 heavy (non-hydrogen) atoms. The molecule has 0 atom stereocenters. The Labute approximate surface area is 160 Å². The molecule has 0 spiro atoms. The molecule has 1 saturated heterocycles. The second kappa shape index (κ2) is 8.87. The standard InChI is InChI=1S/C20H28ClN3O2/c1-2-23-10-12-24(13-11-23)20(26)16-8-6-15(7-9-16)19(25)22-18-5-3-4-17(21)14-18/h3-5,14-16H,2,6-13H2,1H3,(H,22,25). The van der Waals surface area contributed by atoms with Crippen LogP contribution in [0.15, 0.2) is 24.3 Å². The van der Waals surface area contributed by atoms with Crippen molar-refractivity contribution < 1.29 is 9.59 Å². The fourth-order valence-electron chi connectivity index (χ4n) is 3.96. The van der Waals surface area contributed by atoms with Crippen LogP contribution in [0.25, 0.3) is 0 Å². The Morgan fingerprint density at radius 1 is 1.08 bits per heavy atom. The van der Waals surface area contributed by atoms with Gasteiger partial charge in [0.25, 0.3) is 0 Å². The van der Waals surface area contributed by atoms with Gasteiger partial charge in [0, 0.05) is 48.7 Å². The van der Waals surface area contributed by atoms with Crippen LogP contribution in [0.1, 0.15) is 32.6 Å². The smallest absolute Gasteiger partial charge is 0.227 e. The van der Waals surface area contributed by atoms with E-state index in [-0.39, 0.29) is 23.7 Å². The molecule has 3 rings (SSSR count). The van der Waals surface area contributed by atoms with Gasteiger partial charge in [0.1, 0.15) is 0 Å². The summed E-state index contributed by atoms with van der Waals surface area (Å²) in [4.78, 5) is 29.6. The Kier molecular flexibility index (Phi) is 6.54. The van der Waals surface area contributed by atoms with Crippen molar-refractivity contribution >= 4 is 29.1 Å². The van der Waals surface area contributed by atoms with E-state index in [1.807, 2.05) is 17.0 Å². The summed E-state index contributed by atoms with van der Waals surface area (Å²) in [6.45, 7) is 6.82. The van der Waals surface area contributed by atoms with E-state index in [0.717, 1.165) is 64.1 Å². The zero-order chi connectivity index (χ0) is 18.5. The highest BCUT2D eigenvalue weighted by Gasteiger charge is 2.33. The molecule has 1 N–H and O–H groups in total. The average molecular weight is 378 g/mol. The number of nitrogens with one attached hydrogen (secondary N) is 1. The van der Waals surface area contributed by atoms with Crippen molar-refractivity contribution in [2.24, 2.45) is 11.8 Å². The monoisotopic (exact) mass is 377 g/mol. The van der Waals surface area contributed by atoms with Gasteiger partial charge < -0.3 is 15.1 Å². The van der Waals surface area contributed by atoms with E-state index in [1.54, 1.807) is 12.1 Å². The minimum atomic E-state index is -0.0185. The number of halogens is 1. The molecule has 5 nitrogen and oxygen atoms in total. The van der Waals surface area contributed by atoms with Gasteiger partial charge in [0.2, 0.25) is 11.8 Å². The lowest BCUT2D eigenvalue weighted by Gasteiger charge is -2.37. The molecule has 6 heteroatoms. The van der Waals surface area contributed by atoms with Crippen LogP contribution in [0.3, 0.4) is 0 Å². The summed E-state index contributed by atoms with van der Waals surface area (Å²) < 4.78 is 0. The fraction of sp³-hybridized carbons (Fsp3) is 0.600. The molecule has 1 aromatic carbocycles. The van der Waals surface area contributed by atoms with Crippen LogP contribution in [0, 0.1) is 11.8 Å². The molecule has 0 bridgehead atoms. The Morgan fingerprint density at radius 2 is 1.73 bits per heavy atom. The number of carbonyl (C=O) groups is 2. The van der Waals surface area contributed by atoms with Gasteiger partial charge in [-0.1, -0.05) is 24.6 Å². The number of carbonyl (C=O) groups excluding carboxylic acids is 2. The van der Waals surface area contributed by atoms with E-state index in [9.17, 15) is 9.59 Å². The van der Waals surface area contributed by atoms with Crippen molar-refractivity contribution in [2.75, 3.05) is 38.0 Å². The molecule has 2 fully saturated rings. The summed E-state index contributed by atoms with van der Waals surface area (Å²) in [6.07, 6.45) is 3.16. The average Bonchev–Trinajstić information content (AvgIpc) is 2.67. The molecular weight excluding hydrogens is 350 g/mol. The van der Waals surface area contributed by atoms with Crippen LogP contribution < -0.4 is 5.32 Å². The van der Waals surface area contributed by atoms with E-state index in [2.05, 4.69) is 17.1 Å². The van der Waals surface area contributed by atoms with Crippen LogP contribution in [0.2, 0.25) is 5.02 Å². The minimum Gasteiger partial charge on any atom is -0.340 e. The first-order chi connectivity index (χ1) is 12.6. The maximum Gasteiger partial charge on any atom is 0.227 e. The van der Waals surface area contributed by atoms with Crippen molar-refractivity contribution in [3.8, 4) is 0 Å². The highest BCUT2D eigenvalue weighted by Crippen LogP contribution is 2.31. The van der Waals surface area contributed by atoms with Crippen molar-refractivity contribution in [2.45, 2.75) is 32.6 Å². The molecule has 2 aliphatic rings. The molecule has 1 heterocycles. The van der Waals surface area contributed by atoms with E-state index < -0.39 is 0 Å². The van der Waals surface area contributed by atoms with Gasteiger partial charge in [-0.25, -0.2) is 0 Å². The Balaban J connectivity index is 1.46. The number of likely N-dealkylation sites (N-methyl/N-ethyl adjacent to an activating group) is 1. The quantitative estimate of drug-likeness (QED) is 0.876. The number of anilines is 1. The van der Waals surface area contributed by atoms with Crippen molar-refractivity contribution in [3.63, 3.8) is 0 Å². The van der Waals surface area contributed by atoms with E-state index >= 15 is 0 Å². The maximum atomic E-state index is 12.7. The highest BCUT2D eigenvalue weighted by atomic mass is 35.5. The van der Waals surface area contributed by atoms with Gasteiger partial charge in [0.15, 0.2) is 0 Å². The van der Waals surface area contributed by atoms with Gasteiger partial charge in [-0.2, -0.15) is 0 Å². The largest absolute Gasteiger partial charge is 0.340 e. The van der Waals surface area contributed by atoms with E-state index in [4.69, 9.17) is 11.6 Å². The van der Waals surface area contributed by atoms with Crippen molar-refractivity contribution in [3.05, 3.63) is 29.3 Å². The molecule has 1 saturated carbocycles. The third-order valence-electron chi connectivity index (χ3n) is 5.67. The highest BCUT2D eigenvalue weighted by molar-refractivity contribution is 6.30. The molecule has 0 unspecified atom stereocenters. The first kappa shape index (κ1) is 19.2. The first-order valence-corrected chi connectivity index (χ1v) is 10.0. The summed E-state index contributed by atoms with van der Waals surface area (Å²) >= 11 is 5.96. The summed E-state index contributed by atoms with van der Waals surface area (Å²) in [5, 5.41) is 3.56. The number of nitrogens with zero attached hydrogens (tertiary/aromatic N) is 2. The predicted molar refractivity (Wildman–Crippen MR) is 104 cm³/mol. The van der Waals surface area contributed by atoms with Gasteiger partial charge in [-0.3, -0.25) is 9.59 Å². The van der Waals surface area contributed by atoms with Gasteiger partial charge in [0.05, 0.1) is 0 Å². The van der Waals surface area contributed by atoms with E-state index in [1.165, 1.54) is 0 Å². The number of benzene rings is 1. The lowest BCUT2D eigenvalue weighted by molar-refractivity contribution is -0.139. The maximum absolute atomic E-state index is 12.7. The molecular formula is C20H28ClN3O2. The van der Waals surface area contributed by atoms with Crippen LogP contribution in [-0.4, -0.2) is 54.3 Å². The Hall–Kier alpha value is -1.59. The SMILES string of the molecule is CCN1CCN(C(=O)C2CCC(C(=O)Nc3cccc(Cl)c3)CC2)CC1. The molecule has 0 aromatic heterocycles. The first-order valence-electron chi connectivity index (χ1n) is 9.64. The van der Waals surface area contributed by atoms with E-state index in [0.29, 0.717) is 5.02 Å². The molecule has 1 aliphatic carbocycles. The van der Waals surface area contributed by atoms with Gasteiger partial charge in [-0.05, 0) is 50.4 Å². The molecule has 142 valence electrons. The van der Waals surface area contributed by atoms with Crippen molar-refractivity contribution in [1.29, 1.82) is 0 Å². The van der Waals surface area contributed by atoms with Gasteiger partial charge >= 0.3 is 0 Å². The lowest BCUT2D eigenvalue weighted by atomic mass is 9.80. The predicted octanol–water partition coefficient (Wildman–Crippen LogP) is 3.25. The summed E-state index contributed by atoms with van der Waals surface area (Å²) in [7, 11) is 0. The number of piperazine rings is 1. The number of hydrogen-bond donors (Lipinski definition) is 1. The molecule has 1 aliphatic heterocycles. The summed E-state index contributed by atoms with van der Waals surface area (Å²) in [5.74, 6) is 0.387. The zero-order valence-electron chi connectivity index (χ0n) is 15.4. The lowest BCUT2D eigenvalue weighted by Crippen LogP contribution is -2.50. The Bertz CT molecular complexity index is 636. The summed E-state index contributed by atoms with van der Waals surface area (Å²) in [5.41, 5.74) is 0.731. The fourth-order valence-corrected chi connectivity index (χ4v) is 4.15. The summed E-state index contributed by atoms with van der Waals surface area (Å²) in [6, 6.07) is 7.21. The normalized spacial score (nSPS) is 24.3. The van der Waals surface area contributed by atoms with Crippen LogP contribution in [0.5, 0.6) is 0 Å². The number of amides is 2. The molecule has 1 aromatic rings. The van der Waals surface area contributed by atoms with Gasteiger partial charge in [-0.15, -0.1) is 0 Å². The minimum absolute atomic E-state index is 0.0185. The van der Waals surface area contributed by atoms with Crippen LogP contribution >= 0.6 is 11.6 Å².